The second kappa shape index (κ2) is 7.29. The van der Waals surface area contributed by atoms with E-state index in [0.29, 0.717) is 5.56 Å². The SMILES string of the molecule is CC(C)(C)OC(=O)NC(c1cccc2ccccc12)C(Br)(Br)[N+](=O)[O-]. The topological polar surface area (TPSA) is 81.5 Å². The standard InChI is InChI=1S/C17H18Br2N2O4/c1-16(2,3)25-15(22)20-14(17(18,19)21(23)24)13-10-6-8-11-7-4-5-9-12(11)13/h4-10,14H,1-3H3,(H,20,22). The molecule has 6 nitrogen and oxygen atoms in total. The van der Waals surface area contributed by atoms with Gasteiger partial charge >= 0.3 is 9.45 Å². The van der Waals surface area contributed by atoms with Crippen LogP contribution in [-0.4, -0.2) is 20.0 Å². The van der Waals surface area contributed by atoms with E-state index in [1.165, 1.54) is 0 Å². The average Bonchev–Trinajstić information content (AvgIpc) is 2.50. The predicted molar refractivity (Wildman–Crippen MR) is 104 cm³/mol. The molecule has 0 aromatic heterocycles. The quantitative estimate of drug-likeness (QED) is 0.289. The number of fused-ring (bicyclic) bond motifs is 1. The minimum absolute atomic E-state index is 0.545. The Morgan fingerprint density at radius 1 is 1.16 bits per heavy atom. The zero-order chi connectivity index (χ0) is 18.8. The van der Waals surface area contributed by atoms with Crippen LogP contribution < -0.4 is 5.32 Å². The smallest absolute Gasteiger partial charge is 0.408 e. The van der Waals surface area contributed by atoms with Crippen molar-refractivity contribution in [2.24, 2.45) is 0 Å². The highest BCUT2D eigenvalue weighted by Crippen LogP contribution is 2.42. The van der Waals surface area contributed by atoms with E-state index in [1.54, 1.807) is 32.9 Å². The van der Waals surface area contributed by atoms with Crippen LogP contribution in [0.4, 0.5) is 4.79 Å². The van der Waals surface area contributed by atoms with E-state index in [4.69, 9.17) is 4.74 Å². The van der Waals surface area contributed by atoms with Gasteiger partial charge in [-0.2, -0.15) is 0 Å². The first-order valence-electron chi connectivity index (χ1n) is 7.52. The molecule has 2 aromatic rings. The number of hydrogen-bond donors (Lipinski definition) is 1. The number of benzene rings is 2. The van der Waals surface area contributed by atoms with E-state index in [9.17, 15) is 14.9 Å². The monoisotopic (exact) mass is 472 g/mol. The molecule has 0 heterocycles. The third-order valence-corrected chi connectivity index (χ3v) is 4.88. The molecule has 2 aromatic carbocycles. The Hall–Kier alpha value is -1.67. The van der Waals surface area contributed by atoms with Crippen molar-refractivity contribution in [1.82, 2.24) is 5.32 Å². The van der Waals surface area contributed by atoms with Crippen molar-refractivity contribution in [1.29, 1.82) is 0 Å². The Kier molecular flexibility index (Phi) is 5.73. The van der Waals surface area contributed by atoms with E-state index < -0.39 is 26.0 Å². The highest BCUT2D eigenvalue weighted by atomic mass is 79.9. The number of alkyl carbamates (subject to hydrolysis) is 1. The number of rotatable bonds is 4. The fourth-order valence-corrected chi connectivity index (χ4v) is 3.11. The number of ether oxygens (including phenoxy) is 1. The first-order valence-corrected chi connectivity index (χ1v) is 9.10. The van der Waals surface area contributed by atoms with E-state index in [-0.39, 0.29) is 0 Å². The van der Waals surface area contributed by atoms with Crippen LogP contribution >= 0.6 is 31.9 Å². The summed E-state index contributed by atoms with van der Waals surface area (Å²) in [7, 11) is 0. The minimum atomic E-state index is -1.79. The van der Waals surface area contributed by atoms with Gasteiger partial charge in [0.05, 0.1) is 4.92 Å². The molecular formula is C17H18Br2N2O4. The van der Waals surface area contributed by atoms with Gasteiger partial charge in [-0.3, -0.25) is 10.1 Å². The maximum absolute atomic E-state index is 12.3. The zero-order valence-corrected chi connectivity index (χ0v) is 17.1. The summed E-state index contributed by atoms with van der Waals surface area (Å²) in [6, 6.07) is 11.9. The summed E-state index contributed by atoms with van der Waals surface area (Å²) in [6.45, 7) is 5.17. The summed E-state index contributed by atoms with van der Waals surface area (Å²) >= 11 is 6.18. The molecule has 0 spiro atoms. The summed E-state index contributed by atoms with van der Waals surface area (Å²) < 4.78 is 3.47. The first kappa shape index (κ1) is 19.7. The number of nitro groups is 1. The van der Waals surface area contributed by atoms with Crippen LogP contribution in [0.2, 0.25) is 0 Å². The molecule has 0 saturated heterocycles. The van der Waals surface area contributed by atoms with Crippen LogP contribution in [0.1, 0.15) is 32.4 Å². The molecule has 0 saturated carbocycles. The van der Waals surface area contributed by atoms with Crippen LogP contribution in [-0.2, 0) is 4.74 Å². The Labute approximate surface area is 162 Å². The number of hydrogen-bond acceptors (Lipinski definition) is 4. The van der Waals surface area contributed by atoms with Crippen LogP contribution in [0.25, 0.3) is 10.8 Å². The molecule has 0 aliphatic heterocycles. The van der Waals surface area contributed by atoms with Gasteiger partial charge < -0.3 is 10.1 Å². The van der Waals surface area contributed by atoms with Crippen LogP contribution in [0, 0.1) is 10.1 Å². The number of amides is 1. The minimum Gasteiger partial charge on any atom is -0.444 e. The lowest BCUT2D eigenvalue weighted by molar-refractivity contribution is -0.509. The van der Waals surface area contributed by atoms with Crippen molar-refractivity contribution < 1.29 is 14.5 Å². The van der Waals surface area contributed by atoms with E-state index in [0.717, 1.165) is 10.8 Å². The van der Waals surface area contributed by atoms with Gasteiger partial charge in [-0.25, -0.2) is 4.79 Å². The molecule has 1 N–H and O–H groups in total. The second-order valence-corrected chi connectivity index (χ2v) is 9.97. The van der Waals surface area contributed by atoms with Crippen molar-refractivity contribution in [3.63, 3.8) is 0 Å². The van der Waals surface area contributed by atoms with Gasteiger partial charge in [0.25, 0.3) is 0 Å². The fourth-order valence-electron chi connectivity index (χ4n) is 2.38. The highest BCUT2D eigenvalue weighted by Gasteiger charge is 2.48. The number of nitrogens with zero attached hydrogens (tertiary/aromatic N) is 1. The van der Waals surface area contributed by atoms with Gasteiger partial charge in [-0.05, 0) is 37.1 Å². The third kappa shape index (κ3) is 4.70. The lowest BCUT2D eigenvalue weighted by atomic mass is 9.98. The first-order chi connectivity index (χ1) is 11.5. The van der Waals surface area contributed by atoms with Crippen molar-refractivity contribution in [3.05, 3.63) is 58.1 Å². The van der Waals surface area contributed by atoms with Gasteiger partial charge in [0, 0.05) is 31.9 Å². The normalized spacial score (nSPS) is 13.3. The van der Waals surface area contributed by atoms with Crippen molar-refractivity contribution >= 4 is 48.7 Å². The fraction of sp³-hybridized carbons (Fsp3) is 0.353. The maximum atomic E-state index is 12.3. The van der Waals surface area contributed by atoms with Gasteiger partial charge in [0.2, 0.25) is 0 Å². The number of halogens is 2. The molecule has 1 amide bonds. The molecule has 2 rings (SSSR count). The van der Waals surface area contributed by atoms with Gasteiger partial charge in [0.15, 0.2) is 0 Å². The number of carbonyl (C=O) groups excluding carboxylic acids is 1. The molecule has 0 aliphatic rings. The number of nitrogens with one attached hydrogen (secondary N) is 1. The molecule has 0 bridgehead atoms. The molecule has 25 heavy (non-hydrogen) atoms. The van der Waals surface area contributed by atoms with Crippen LogP contribution in [0.5, 0.6) is 0 Å². The predicted octanol–water partition coefficient (Wildman–Crippen LogP) is 5.13. The van der Waals surface area contributed by atoms with E-state index in [2.05, 4.69) is 37.2 Å². The molecule has 8 heteroatoms. The average molecular weight is 474 g/mol. The molecule has 134 valence electrons. The Morgan fingerprint density at radius 3 is 2.36 bits per heavy atom. The van der Waals surface area contributed by atoms with Gasteiger partial charge in [0.1, 0.15) is 11.6 Å². The summed E-state index contributed by atoms with van der Waals surface area (Å²) in [4.78, 5) is 23.3. The van der Waals surface area contributed by atoms with Crippen LogP contribution in [0.3, 0.4) is 0 Å². The van der Waals surface area contributed by atoms with E-state index >= 15 is 0 Å². The molecular weight excluding hydrogens is 456 g/mol. The summed E-state index contributed by atoms with van der Waals surface area (Å²) in [5.41, 5.74) is -0.127. The van der Waals surface area contributed by atoms with Crippen molar-refractivity contribution in [3.8, 4) is 0 Å². The molecule has 1 unspecified atom stereocenters. The second-order valence-electron chi connectivity index (χ2n) is 6.49. The van der Waals surface area contributed by atoms with Gasteiger partial charge in [-0.15, -0.1) is 0 Å². The van der Waals surface area contributed by atoms with E-state index in [1.807, 2.05) is 30.3 Å². The van der Waals surface area contributed by atoms with Crippen LogP contribution in [0.15, 0.2) is 42.5 Å². The largest absolute Gasteiger partial charge is 0.444 e. The number of carbonyl (C=O) groups is 1. The summed E-state index contributed by atoms with van der Waals surface area (Å²) in [5, 5.41) is 15.9. The third-order valence-electron chi connectivity index (χ3n) is 3.39. The van der Waals surface area contributed by atoms with Crippen molar-refractivity contribution in [2.45, 2.75) is 35.8 Å². The summed E-state index contributed by atoms with van der Waals surface area (Å²) in [6.07, 6.45) is -0.740. The molecule has 0 radical (unpaired) electrons. The number of alkyl halides is 2. The summed E-state index contributed by atoms with van der Waals surface area (Å²) in [5.74, 6) is 0. The van der Waals surface area contributed by atoms with Crippen molar-refractivity contribution in [2.75, 3.05) is 0 Å². The van der Waals surface area contributed by atoms with Gasteiger partial charge in [-0.1, -0.05) is 42.5 Å². The lowest BCUT2D eigenvalue weighted by Crippen LogP contribution is -2.45. The lowest BCUT2D eigenvalue weighted by Gasteiger charge is -2.28. The Bertz CT molecular complexity index is 797. The Morgan fingerprint density at radius 2 is 1.76 bits per heavy atom. The highest BCUT2D eigenvalue weighted by molar-refractivity contribution is 9.25. The molecule has 0 fully saturated rings. The maximum Gasteiger partial charge on any atom is 0.408 e. The zero-order valence-electron chi connectivity index (χ0n) is 14.0. The Balaban J connectivity index is 2.51. The molecule has 0 aliphatic carbocycles. The molecule has 1 atom stereocenters.